The van der Waals surface area contributed by atoms with E-state index in [1.165, 1.54) is 19.1 Å². The maximum absolute atomic E-state index is 9.81. The zero-order chi connectivity index (χ0) is 15.0. The molecule has 0 aromatic carbocycles. The SMILES string of the molecule is CC(C)CCCC(C)NC(N)=NCC(O)c1ccco1.I. The molecule has 0 saturated heterocycles. The third kappa shape index (κ3) is 8.98. The average molecular weight is 409 g/mol. The first-order valence-corrected chi connectivity index (χ1v) is 7.27. The van der Waals surface area contributed by atoms with Crippen molar-refractivity contribution in [3.63, 3.8) is 0 Å². The van der Waals surface area contributed by atoms with E-state index in [2.05, 4.69) is 31.1 Å². The Labute approximate surface area is 144 Å². The van der Waals surface area contributed by atoms with Gasteiger partial charge in [0.05, 0.1) is 12.8 Å². The van der Waals surface area contributed by atoms with Crippen LogP contribution in [0.4, 0.5) is 0 Å². The molecular formula is C15H28IN3O2. The van der Waals surface area contributed by atoms with Crippen LogP contribution < -0.4 is 11.1 Å². The van der Waals surface area contributed by atoms with E-state index in [4.69, 9.17) is 10.2 Å². The quantitative estimate of drug-likeness (QED) is 0.350. The van der Waals surface area contributed by atoms with E-state index in [9.17, 15) is 5.11 Å². The second-order valence-corrected chi connectivity index (χ2v) is 5.63. The van der Waals surface area contributed by atoms with Crippen LogP contribution in [0, 0.1) is 5.92 Å². The molecule has 1 heterocycles. The molecule has 0 radical (unpaired) electrons. The van der Waals surface area contributed by atoms with Crippen LogP contribution in [0.15, 0.2) is 27.8 Å². The van der Waals surface area contributed by atoms with Crippen LogP contribution in [0.2, 0.25) is 0 Å². The molecule has 2 atom stereocenters. The zero-order valence-electron chi connectivity index (χ0n) is 13.1. The van der Waals surface area contributed by atoms with E-state index >= 15 is 0 Å². The highest BCUT2D eigenvalue weighted by Crippen LogP contribution is 2.13. The average Bonchev–Trinajstić information content (AvgIpc) is 2.89. The molecule has 122 valence electrons. The van der Waals surface area contributed by atoms with Crippen LogP contribution >= 0.6 is 24.0 Å². The molecule has 1 rings (SSSR count). The van der Waals surface area contributed by atoms with Crippen LogP contribution in [0.3, 0.4) is 0 Å². The predicted octanol–water partition coefficient (Wildman–Crippen LogP) is 3.05. The van der Waals surface area contributed by atoms with Crippen molar-refractivity contribution in [1.29, 1.82) is 0 Å². The first-order valence-electron chi connectivity index (χ1n) is 7.27. The highest BCUT2D eigenvalue weighted by Gasteiger charge is 2.10. The molecule has 0 fully saturated rings. The van der Waals surface area contributed by atoms with Crippen molar-refractivity contribution in [1.82, 2.24) is 5.32 Å². The Balaban J connectivity index is 0.00000400. The number of nitrogens with two attached hydrogens (primary N) is 1. The van der Waals surface area contributed by atoms with Crippen LogP contribution in [0.25, 0.3) is 0 Å². The number of nitrogens with zero attached hydrogens (tertiary/aromatic N) is 1. The number of guanidine groups is 1. The number of aliphatic hydroxyl groups excluding tert-OH is 1. The second-order valence-electron chi connectivity index (χ2n) is 5.63. The summed E-state index contributed by atoms with van der Waals surface area (Å²) < 4.78 is 5.10. The van der Waals surface area contributed by atoms with Crippen molar-refractivity contribution >= 4 is 29.9 Å². The van der Waals surface area contributed by atoms with Gasteiger partial charge in [0.15, 0.2) is 5.96 Å². The minimum atomic E-state index is -0.749. The lowest BCUT2D eigenvalue weighted by Crippen LogP contribution is -2.38. The van der Waals surface area contributed by atoms with Gasteiger partial charge in [-0.3, -0.25) is 4.99 Å². The van der Waals surface area contributed by atoms with Crippen LogP contribution in [0.1, 0.15) is 51.9 Å². The molecule has 5 nitrogen and oxygen atoms in total. The summed E-state index contributed by atoms with van der Waals surface area (Å²) in [5.74, 6) is 1.61. The fourth-order valence-electron chi connectivity index (χ4n) is 1.96. The molecule has 0 aliphatic heterocycles. The molecule has 2 unspecified atom stereocenters. The smallest absolute Gasteiger partial charge is 0.188 e. The van der Waals surface area contributed by atoms with Crippen molar-refractivity contribution in [3.05, 3.63) is 24.2 Å². The molecule has 0 bridgehead atoms. The van der Waals surface area contributed by atoms with Gasteiger partial charge in [-0.05, 0) is 31.4 Å². The van der Waals surface area contributed by atoms with Gasteiger partial charge in [0.1, 0.15) is 11.9 Å². The third-order valence-corrected chi connectivity index (χ3v) is 3.12. The molecule has 6 heteroatoms. The molecule has 0 amide bonds. The molecule has 21 heavy (non-hydrogen) atoms. The lowest BCUT2D eigenvalue weighted by molar-refractivity contribution is 0.158. The number of aliphatic imine (C=N–C) groups is 1. The van der Waals surface area contributed by atoms with Gasteiger partial charge in [-0.2, -0.15) is 0 Å². The van der Waals surface area contributed by atoms with Gasteiger partial charge in [0.2, 0.25) is 0 Å². The number of furan rings is 1. The molecule has 4 N–H and O–H groups in total. The van der Waals surface area contributed by atoms with Gasteiger partial charge in [0, 0.05) is 6.04 Å². The van der Waals surface area contributed by atoms with Crippen LogP contribution in [-0.4, -0.2) is 23.7 Å². The normalized spacial score (nSPS) is 14.6. The summed E-state index contributed by atoms with van der Waals surface area (Å²) >= 11 is 0. The lowest BCUT2D eigenvalue weighted by atomic mass is 10.0. The van der Waals surface area contributed by atoms with E-state index in [-0.39, 0.29) is 30.5 Å². The summed E-state index contributed by atoms with van der Waals surface area (Å²) in [5, 5.41) is 13.0. The molecule has 0 saturated carbocycles. The molecule has 0 aliphatic carbocycles. The summed E-state index contributed by atoms with van der Waals surface area (Å²) in [6.07, 6.45) is 4.24. The summed E-state index contributed by atoms with van der Waals surface area (Å²) in [7, 11) is 0. The van der Waals surface area contributed by atoms with Gasteiger partial charge >= 0.3 is 0 Å². The molecule has 1 aromatic rings. The number of halogens is 1. The second kappa shape index (κ2) is 10.9. The molecular weight excluding hydrogens is 381 g/mol. The van der Waals surface area contributed by atoms with Crippen molar-refractivity contribution in [2.24, 2.45) is 16.6 Å². The van der Waals surface area contributed by atoms with Gasteiger partial charge < -0.3 is 20.6 Å². The largest absolute Gasteiger partial charge is 0.467 e. The Morgan fingerprint density at radius 1 is 1.38 bits per heavy atom. The molecule has 1 aromatic heterocycles. The summed E-state index contributed by atoms with van der Waals surface area (Å²) in [5.41, 5.74) is 5.80. The minimum Gasteiger partial charge on any atom is -0.467 e. The van der Waals surface area contributed by atoms with Gasteiger partial charge in [0.25, 0.3) is 0 Å². The van der Waals surface area contributed by atoms with E-state index in [1.54, 1.807) is 12.1 Å². The predicted molar refractivity (Wildman–Crippen MR) is 96.9 cm³/mol. The van der Waals surface area contributed by atoms with Crippen molar-refractivity contribution in [2.45, 2.75) is 52.2 Å². The standard InChI is InChI=1S/C15H27N3O2.HI/c1-11(2)6-4-7-12(3)18-15(16)17-10-13(19)14-8-5-9-20-14;/h5,8-9,11-13,19H,4,6-7,10H2,1-3H3,(H3,16,17,18);1H. The van der Waals surface area contributed by atoms with Crippen molar-refractivity contribution < 1.29 is 9.52 Å². The maximum Gasteiger partial charge on any atom is 0.188 e. The maximum atomic E-state index is 9.81. The Morgan fingerprint density at radius 3 is 2.67 bits per heavy atom. The van der Waals surface area contributed by atoms with Gasteiger partial charge in [-0.1, -0.05) is 26.7 Å². The molecule has 0 spiro atoms. The van der Waals surface area contributed by atoms with Crippen LogP contribution in [-0.2, 0) is 0 Å². The Morgan fingerprint density at radius 2 is 2.10 bits per heavy atom. The van der Waals surface area contributed by atoms with Gasteiger partial charge in [-0.25, -0.2) is 0 Å². The highest BCUT2D eigenvalue weighted by molar-refractivity contribution is 14.0. The van der Waals surface area contributed by atoms with E-state index < -0.39 is 6.10 Å². The summed E-state index contributed by atoms with van der Waals surface area (Å²) in [6, 6.07) is 3.75. The number of aliphatic hydroxyl groups is 1. The van der Waals surface area contributed by atoms with Crippen molar-refractivity contribution in [3.8, 4) is 0 Å². The van der Waals surface area contributed by atoms with E-state index in [0.717, 1.165) is 12.3 Å². The topological polar surface area (TPSA) is 83.8 Å². The highest BCUT2D eigenvalue weighted by atomic mass is 127. The fraction of sp³-hybridized carbons (Fsp3) is 0.667. The monoisotopic (exact) mass is 409 g/mol. The minimum absolute atomic E-state index is 0. The van der Waals surface area contributed by atoms with E-state index in [0.29, 0.717) is 17.8 Å². The Hall–Kier alpha value is -0.760. The number of hydrogen-bond donors (Lipinski definition) is 3. The summed E-state index contributed by atoms with van der Waals surface area (Å²) in [4.78, 5) is 4.14. The Kier molecular flexibility index (Phi) is 10.5. The molecule has 0 aliphatic rings. The number of rotatable bonds is 8. The summed E-state index contributed by atoms with van der Waals surface area (Å²) in [6.45, 7) is 6.74. The van der Waals surface area contributed by atoms with Gasteiger partial charge in [-0.15, -0.1) is 24.0 Å². The zero-order valence-corrected chi connectivity index (χ0v) is 15.4. The number of nitrogens with one attached hydrogen (secondary N) is 1. The van der Waals surface area contributed by atoms with Crippen LogP contribution in [0.5, 0.6) is 0 Å². The lowest BCUT2D eigenvalue weighted by Gasteiger charge is -2.15. The fourth-order valence-corrected chi connectivity index (χ4v) is 1.96. The Bertz CT molecular complexity index is 394. The third-order valence-electron chi connectivity index (χ3n) is 3.12. The first kappa shape index (κ1) is 20.2. The first-order chi connectivity index (χ1) is 9.49. The van der Waals surface area contributed by atoms with Crippen molar-refractivity contribution in [2.75, 3.05) is 6.54 Å². The number of hydrogen-bond acceptors (Lipinski definition) is 3. The van der Waals surface area contributed by atoms with E-state index in [1.807, 2.05) is 0 Å².